The normalized spacial score (nSPS) is 28.4. The molecule has 58 valence electrons. The van der Waals surface area contributed by atoms with Gasteiger partial charge in [-0.15, -0.1) is 0 Å². The second-order valence-electron chi connectivity index (χ2n) is 2.53. The van der Waals surface area contributed by atoms with Gasteiger partial charge in [0.1, 0.15) is 0 Å². The van der Waals surface area contributed by atoms with Crippen LogP contribution in [0.25, 0.3) is 0 Å². The number of hydrazone groups is 1. The number of thioether (sulfide) groups is 1. The van der Waals surface area contributed by atoms with E-state index in [1.165, 1.54) is 17.9 Å². The summed E-state index contributed by atoms with van der Waals surface area (Å²) in [6.07, 6.45) is 9.17. The Morgan fingerprint density at radius 1 is 1.55 bits per heavy atom. The van der Waals surface area contributed by atoms with Gasteiger partial charge in [-0.05, 0) is 24.3 Å². The third-order valence-corrected chi connectivity index (χ3v) is 3.12. The molecule has 2 nitrogen and oxygen atoms in total. The van der Waals surface area contributed by atoms with Gasteiger partial charge in [0.2, 0.25) is 0 Å². The van der Waals surface area contributed by atoms with Crippen LogP contribution in [0.5, 0.6) is 0 Å². The quantitative estimate of drug-likeness (QED) is 0.638. The molecule has 11 heavy (non-hydrogen) atoms. The van der Waals surface area contributed by atoms with Gasteiger partial charge in [-0.1, -0.05) is 6.08 Å². The van der Waals surface area contributed by atoms with Crippen molar-refractivity contribution in [3.05, 3.63) is 24.4 Å². The molecule has 0 aliphatic carbocycles. The third-order valence-electron chi connectivity index (χ3n) is 1.77. The molecule has 0 radical (unpaired) electrons. The average molecular weight is 166 g/mol. The fourth-order valence-electron chi connectivity index (χ4n) is 1.05. The number of hydrogen-bond acceptors (Lipinski definition) is 3. The van der Waals surface area contributed by atoms with Crippen molar-refractivity contribution in [3.63, 3.8) is 0 Å². The Morgan fingerprint density at radius 2 is 2.45 bits per heavy atom. The van der Waals surface area contributed by atoms with Gasteiger partial charge >= 0.3 is 0 Å². The maximum Gasteiger partial charge on any atom is 0.0737 e. The predicted molar refractivity (Wildman–Crippen MR) is 49.7 cm³/mol. The van der Waals surface area contributed by atoms with Crippen LogP contribution in [0.2, 0.25) is 0 Å². The van der Waals surface area contributed by atoms with E-state index in [1.807, 2.05) is 30.1 Å². The van der Waals surface area contributed by atoms with Crippen LogP contribution in [0.4, 0.5) is 0 Å². The van der Waals surface area contributed by atoms with E-state index in [0.29, 0.717) is 5.25 Å². The number of allylic oxidation sites excluding steroid dienone is 3. The molecule has 2 heterocycles. The second kappa shape index (κ2) is 3.13. The third kappa shape index (κ3) is 1.48. The number of nitrogens with one attached hydrogen (secondary N) is 1. The molecule has 1 N–H and O–H groups in total. The van der Waals surface area contributed by atoms with E-state index >= 15 is 0 Å². The first kappa shape index (κ1) is 6.98. The van der Waals surface area contributed by atoms with Gasteiger partial charge in [-0.3, -0.25) is 5.43 Å². The van der Waals surface area contributed by atoms with Gasteiger partial charge < -0.3 is 0 Å². The van der Waals surface area contributed by atoms with Gasteiger partial charge in [0.05, 0.1) is 5.71 Å². The lowest BCUT2D eigenvalue weighted by Crippen LogP contribution is -2.25. The first-order valence-corrected chi connectivity index (χ1v) is 4.79. The molecule has 0 spiro atoms. The Hall–Kier alpha value is -0.700. The van der Waals surface area contributed by atoms with Gasteiger partial charge in [0.15, 0.2) is 0 Å². The van der Waals surface area contributed by atoms with Crippen molar-refractivity contribution in [2.24, 2.45) is 5.10 Å². The monoisotopic (exact) mass is 166 g/mol. The van der Waals surface area contributed by atoms with Crippen molar-refractivity contribution in [1.29, 1.82) is 0 Å². The highest BCUT2D eigenvalue weighted by Gasteiger charge is 2.22. The summed E-state index contributed by atoms with van der Waals surface area (Å²) in [5, 5.41) is 4.86. The number of rotatable bonds is 1. The fraction of sp³-hybridized carbons (Fsp3) is 0.375. The van der Waals surface area contributed by atoms with Crippen LogP contribution in [0.15, 0.2) is 29.5 Å². The van der Waals surface area contributed by atoms with E-state index in [1.54, 1.807) is 0 Å². The molecular formula is C8H10N2S. The lowest BCUT2D eigenvalue weighted by atomic mass is 10.2. The highest BCUT2D eigenvalue weighted by molar-refractivity contribution is 8.02. The molecule has 2 rings (SSSR count). The highest BCUT2D eigenvalue weighted by Crippen LogP contribution is 2.29. The van der Waals surface area contributed by atoms with E-state index in [-0.39, 0.29) is 0 Å². The molecule has 0 amide bonds. The van der Waals surface area contributed by atoms with Crippen molar-refractivity contribution >= 4 is 17.5 Å². The molecule has 0 bridgehead atoms. The van der Waals surface area contributed by atoms with E-state index in [2.05, 4.69) is 16.6 Å². The topological polar surface area (TPSA) is 24.4 Å². The summed E-state index contributed by atoms with van der Waals surface area (Å²) >= 11 is 1.97. The van der Waals surface area contributed by atoms with Crippen molar-refractivity contribution < 1.29 is 0 Å². The van der Waals surface area contributed by atoms with Crippen LogP contribution >= 0.6 is 11.8 Å². The Morgan fingerprint density at radius 3 is 3.18 bits per heavy atom. The molecule has 1 saturated heterocycles. The average Bonchev–Trinajstić information content (AvgIpc) is 2.12. The highest BCUT2D eigenvalue weighted by atomic mass is 32.2. The largest absolute Gasteiger partial charge is 0.286 e. The van der Waals surface area contributed by atoms with Crippen LogP contribution < -0.4 is 5.43 Å². The SMILES string of the molecule is C1=CNN=C(C2CCS2)C=C1. The molecular weight excluding hydrogens is 156 g/mol. The molecule has 1 atom stereocenters. The van der Waals surface area contributed by atoms with E-state index in [4.69, 9.17) is 0 Å². The van der Waals surface area contributed by atoms with Crippen molar-refractivity contribution in [2.45, 2.75) is 11.7 Å². The summed E-state index contributed by atoms with van der Waals surface area (Å²) in [7, 11) is 0. The van der Waals surface area contributed by atoms with Crippen molar-refractivity contribution in [2.75, 3.05) is 5.75 Å². The smallest absolute Gasteiger partial charge is 0.0737 e. The fourth-order valence-corrected chi connectivity index (χ4v) is 1.82. The zero-order valence-corrected chi connectivity index (χ0v) is 6.97. The summed E-state index contributed by atoms with van der Waals surface area (Å²) < 4.78 is 0. The Balaban J connectivity index is 2.06. The summed E-state index contributed by atoms with van der Waals surface area (Å²) in [4.78, 5) is 0. The van der Waals surface area contributed by atoms with Crippen LogP contribution in [0.1, 0.15) is 6.42 Å². The first-order chi connectivity index (χ1) is 5.47. The Bertz CT molecular complexity index is 226. The molecule has 0 aromatic heterocycles. The van der Waals surface area contributed by atoms with Gasteiger partial charge in [-0.2, -0.15) is 16.9 Å². The van der Waals surface area contributed by atoms with Crippen LogP contribution in [0, 0.1) is 0 Å². The molecule has 2 aliphatic heterocycles. The summed E-state index contributed by atoms with van der Waals surface area (Å²) in [5.74, 6) is 1.28. The molecule has 1 unspecified atom stereocenters. The van der Waals surface area contributed by atoms with Crippen molar-refractivity contribution in [1.82, 2.24) is 5.43 Å². The molecule has 3 heteroatoms. The Labute approximate surface area is 70.4 Å². The summed E-state index contributed by atoms with van der Waals surface area (Å²) in [6.45, 7) is 0. The minimum absolute atomic E-state index is 0.638. The van der Waals surface area contributed by atoms with Crippen molar-refractivity contribution in [3.8, 4) is 0 Å². The van der Waals surface area contributed by atoms with Gasteiger partial charge in [0.25, 0.3) is 0 Å². The minimum atomic E-state index is 0.638. The summed E-state index contributed by atoms with van der Waals surface area (Å²) in [6, 6.07) is 0. The van der Waals surface area contributed by atoms with E-state index < -0.39 is 0 Å². The van der Waals surface area contributed by atoms with E-state index in [9.17, 15) is 0 Å². The Kier molecular flexibility index (Phi) is 1.99. The molecule has 0 aromatic carbocycles. The minimum Gasteiger partial charge on any atom is -0.286 e. The van der Waals surface area contributed by atoms with Crippen LogP contribution in [0.3, 0.4) is 0 Å². The zero-order valence-electron chi connectivity index (χ0n) is 6.16. The van der Waals surface area contributed by atoms with E-state index in [0.717, 1.165) is 0 Å². The summed E-state index contributed by atoms with van der Waals surface area (Å²) in [5.41, 5.74) is 4.05. The standard InChI is InChI=1S/C8H10N2S/c1-2-5-9-10-7(3-1)8-4-6-11-8/h1-3,5,8-9H,4,6H2. The number of nitrogens with zero attached hydrogens (tertiary/aromatic N) is 1. The van der Waals surface area contributed by atoms with Crippen LogP contribution in [-0.4, -0.2) is 16.7 Å². The number of hydrogen-bond donors (Lipinski definition) is 1. The zero-order chi connectivity index (χ0) is 7.52. The second-order valence-corrected chi connectivity index (χ2v) is 3.84. The predicted octanol–water partition coefficient (Wildman–Crippen LogP) is 1.52. The van der Waals surface area contributed by atoms with Gasteiger partial charge in [0, 0.05) is 11.4 Å². The van der Waals surface area contributed by atoms with Gasteiger partial charge in [-0.25, -0.2) is 0 Å². The maximum absolute atomic E-state index is 4.22. The van der Waals surface area contributed by atoms with Crippen LogP contribution in [-0.2, 0) is 0 Å². The molecule has 1 fully saturated rings. The molecule has 0 aromatic rings. The lowest BCUT2D eigenvalue weighted by molar-refractivity contribution is 0.916. The molecule has 0 saturated carbocycles. The molecule has 2 aliphatic rings. The maximum atomic E-state index is 4.22. The lowest BCUT2D eigenvalue weighted by Gasteiger charge is -2.24. The first-order valence-electron chi connectivity index (χ1n) is 3.75.